The predicted octanol–water partition coefficient (Wildman–Crippen LogP) is 3.58. The quantitative estimate of drug-likeness (QED) is 0.440. The minimum absolute atomic E-state index is 0. The van der Waals surface area contributed by atoms with Crippen molar-refractivity contribution in [2.45, 2.75) is 46.1 Å². The fraction of sp³-hybridized carbons (Fsp3) is 0.750. The van der Waals surface area contributed by atoms with Gasteiger partial charge < -0.3 is 10.2 Å². The third-order valence-corrected chi connectivity index (χ3v) is 6.03. The van der Waals surface area contributed by atoms with E-state index < -0.39 is 0 Å². The first-order chi connectivity index (χ1) is 10.2. The number of hydrogen-bond acceptors (Lipinski definition) is 3. The maximum atomic E-state index is 4.60. The monoisotopic (exact) mass is 434 g/mol. The highest BCUT2D eigenvalue weighted by atomic mass is 127. The van der Waals surface area contributed by atoms with Crippen LogP contribution in [0.1, 0.15) is 41.3 Å². The van der Waals surface area contributed by atoms with Crippen LogP contribution in [0.4, 0.5) is 0 Å². The molecular formula is C16H27IN4S. The van der Waals surface area contributed by atoms with Gasteiger partial charge in [-0.15, -0.1) is 35.3 Å². The number of nitrogens with zero attached hydrogens (tertiary/aromatic N) is 3. The lowest BCUT2D eigenvalue weighted by molar-refractivity contribution is 0.299. The highest BCUT2D eigenvalue weighted by Gasteiger charge is 2.35. The van der Waals surface area contributed by atoms with Gasteiger partial charge in [0.25, 0.3) is 0 Å². The molecule has 124 valence electrons. The number of aromatic nitrogens is 1. The second-order valence-electron chi connectivity index (χ2n) is 6.36. The predicted molar refractivity (Wildman–Crippen MR) is 104 cm³/mol. The van der Waals surface area contributed by atoms with Crippen molar-refractivity contribution in [1.82, 2.24) is 15.2 Å². The maximum Gasteiger partial charge on any atom is 0.194 e. The van der Waals surface area contributed by atoms with Crippen molar-refractivity contribution in [1.29, 1.82) is 0 Å². The second-order valence-corrected chi connectivity index (χ2v) is 7.65. The van der Waals surface area contributed by atoms with Crippen LogP contribution in [-0.4, -0.2) is 36.0 Å². The van der Waals surface area contributed by atoms with E-state index in [9.17, 15) is 0 Å². The number of nitrogens with one attached hydrogen (secondary N) is 1. The molecule has 0 radical (unpaired) electrons. The second kappa shape index (κ2) is 7.95. The van der Waals surface area contributed by atoms with Gasteiger partial charge in [-0.05, 0) is 38.5 Å². The van der Waals surface area contributed by atoms with Crippen LogP contribution >= 0.6 is 35.3 Å². The minimum atomic E-state index is 0. The van der Waals surface area contributed by atoms with Gasteiger partial charge in [-0.3, -0.25) is 4.99 Å². The molecule has 1 saturated carbocycles. The van der Waals surface area contributed by atoms with E-state index in [1.54, 1.807) is 11.3 Å². The van der Waals surface area contributed by atoms with Gasteiger partial charge in [-0.2, -0.15) is 0 Å². The lowest BCUT2D eigenvalue weighted by Crippen LogP contribution is -2.39. The van der Waals surface area contributed by atoms with Gasteiger partial charge in [0.15, 0.2) is 5.96 Å². The number of likely N-dealkylation sites (tertiary alicyclic amines) is 1. The van der Waals surface area contributed by atoms with E-state index in [1.165, 1.54) is 43.6 Å². The van der Waals surface area contributed by atoms with Crippen LogP contribution in [-0.2, 0) is 6.54 Å². The van der Waals surface area contributed by atoms with Crippen LogP contribution in [0.2, 0.25) is 0 Å². The average Bonchev–Trinajstić information content (AvgIpc) is 3.03. The Morgan fingerprint density at radius 1 is 1.27 bits per heavy atom. The van der Waals surface area contributed by atoms with Crippen molar-refractivity contribution >= 4 is 41.3 Å². The number of guanidine groups is 1. The number of thiazole rings is 1. The summed E-state index contributed by atoms with van der Waals surface area (Å²) in [6.07, 6.45) is 5.64. The smallest absolute Gasteiger partial charge is 0.194 e. The zero-order valence-electron chi connectivity index (χ0n) is 13.8. The lowest BCUT2D eigenvalue weighted by atomic mass is 9.82. The molecular weight excluding hydrogens is 407 g/mol. The maximum absolute atomic E-state index is 4.60. The Morgan fingerprint density at radius 2 is 1.91 bits per heavy atom. The lowest BCUT2D eigenvalue weighted by Gasteiger charge is -2.22. The first kappa shape index (κ1) is 18.0. The van der Waals surface area contributed by atoms with Crippen LogP contribution < -0.4 is 5.32 Å². The molecule has 1 aromatic rings. The fourth-order valence-corrected chi connectivity index (χ4v) is 4.55. The SMILES string of the molecule is CN=C(NCc1nc(C)c(C)s1)N1CC2CCCCC2C1.I. The van der Waals surface area contributed by atoms with Crippen LogP contribution in [0.5, 0.6) is 0 Å². The summed E-state index contributed by atoms with van der Waals surface area (Å²) >= 11 is 1.78. The van der Waals surface area contributed by atoms with Gasteiger partial charge >= 0.3 is 0 Å². The third-order valence-electron chi connectivity index (χ3n) is 4.96. The van der Waals surface area contributed by atoms with E-state index in [0.29, 0.717) is 0 Å². The normalized spacial score (nSPS) is 24.9. The largest absolute Gasteiger partial charge is 0.350 e. The van der Waals surface area contributed by atoms with Crippen LogP contribution in [0.25, 0.3) is 0 Å². The Bertz CT molecular complexity index is 495. The van der Waals surface area contributed by atoms with Gasteiger partial charge in [-0.25, -0.2) is 4.98 Å². The molecule has 0 amide bonds. The van der Waals surface area contributed by atoms with Crippen molar-refractivity contribution < 1.29 is 0 Å². The number of rotatable bonds is 2. The summed E-state index contributed by atoms with van der Waals surface area (Å²) in [6, 6.07) is 0. The van der Waals surface area contributed by atoms with Crippen LogP contribution in [0.15, 0.2) is 4.99 Å². The fourth-order valence-electron chi connectivity index (χ4n) is 3.68. The summed E-state index contributed by atoms with van der Waals surface area (Å²) in [4.78, 5) is 12.8. The molecule has 6 heteroatoms. The molecule has 0 spiro atoms. The van der Waals surface area contributed by atoms with E-state index >= 15 is 0 Å². The summed E-state index contributed by atoms with van der Waals surface area (Å²) in [5.74, 6) is 2.83. The highest BCUT2D eigenvalue weighted by Crippen LogP contribution is 2.35. The first-order valence-electron chi connectivity index (χ1n) is 8.06. The highest BCUT2D eigenvalue weighted by molar-refractivity contribution is 14.0. The molecule has 2 aliphatic rings. The molecule has 2 heterocycles. The standard InChI is InChI=1S/C16H26N4S.HI/c1-11-12(2)21-15(19-11)8-18-16(17-3)20-9-13-6-4-5-7-14(13)10-20;/h13-14H,4-10H2,1-3H3,(H,17,18);1H. The van der Waals surface area contributed by atoms with Crippen molar-refractivity contribution in [3.05, 3.63) is 15.6 Å². The summed E-state index contributed by atoms with van der Waals surface area (Å²) in [5, 5.41) is 4.66. The Kier molecular flexibility index (Phi) is 6.49. The third kappa shape index (κ3) is 3.93. The van der Waals surface area contributed by atoms with Crippen molar-refractivity contribution in [2.24, 2.45) is 16.8 Å². The summed E-state index contributed by atoms with van der Waals surface area (Å²) < 4.78 is 0. The molecule has 2 atom stereocenters. The molecule has 1 aromatic heterocycles. The summed E-state index contributed by atoms with van der Waals surface area (Å²) in [5.41, 5.74) is 1.15. The molecule has 2 unspecified atom stereocenters. The van der Waals surface area contributed by atoms with Crippen molar-refractivity contribution in [2.75, 3.05) is 20.1 Å². The molecule has 4 nitrogen and oxygen atoms in total. The number of aliphatic imine (C=N–C) groups is 1. The molecule has 1 N–H and O–H groups in total. The van der Waals surface area contributed by atoms with Crippen molar-refractivity contribution in [3.63, 3.8) is 0 Å². The Balaban J connectivity index is 0.00000176. The zero-order valence-corrected chi connectivity index (χ0v) is 16.9. The Hall–Kier alpha value is -0.370. The van der Waals surface area contributed by atoms with Gasteiger partial charge in [0.2, 0.25) is 0 Å². The average molecular weight is 434 g/mol. The molecule has 3 rings (SSSR count). The molecule has 1 aliphatic heterocycles. The van der Waals surface area contributed by atoms with Gasteiger partial charge in [-0.1, -0.05) is 12.8 Å². The molecule has 1 aliphatic carbocycles. The van der Waals surface area contributed by atoms with Gasteiger partial charge in [0.1, 0.15) is 5.01 Å². The minimum Gasteiger partial charge on any atom is -0.350 e. The Labute approximate surface area is 154 Å². The number of halogens is 1. The number of hydrogen-bond donors (Lipinski definition) is 1. The van der Waals surface area contributed by atoms with Crippen molar-refractivity contribution in [3.8, 4) is 0 Å². The molecule has 0 aromatic carbocycles. The topological polar surface area (TPSA) is 40.5 Å². The van der Waals surface area contributed by atoms with E-state index in [2.05, 4.69) is 34.0 Å². The van der Waals surface area contributed by atoms with Gasteiger partial charge in [0, 0.05) is 25.0 Å². The van der Waals surface area contributed by atoms with Crippen LogP contribution in [0, 0.1) is 25.7 Å². The number of fused-ring (bicyclic) bond motifs is 1. The molecule has 0 bridgehead atoms. The molecule has 1 saturated heterocycles. The summed E-state index contributed by atoms with van der Waals surface area (Å²) in [7, 11) is 1.89. The Morgan fingerprint density at radius 3 is 2.41 bits per heavy atom. The summed E-state index contributed by atoms with van der Waals surface area (Å²) in [6.45, 7) is 7.37. The number of aryl methyl sites for hydroxylation is 2. The van der Waals surface area contributed by atoms with E-state index in [0.717, 1.165) is 35.0 Å². The first-order valence-corrected chi connectivity index (χ1v) is 8.87. The van der Waals surface area contributed by atoms with E-state index in [4.69, 9.17) is 0 Å². The molecule has 2 fully saturated rings. The van der Waals surface area contributed by atoms with Gasteiger partial charge in [0.05, 0.1) is 12.2 Å². The zero-order chi connectivity index (χ0) is 14.8. The van der Waals surface area contributed by atoms with Crippen LogP contribution in [0.3, 0.4) is 0 Å². The van der Waals surface area contributed by atoms with E-state index in [-0.39, 0.29) is 24.0 Å². The van der Waals surface area contributed by atoms with E-state index in [1.807, 2.05) is 7.05 Å². The molecule has 22 heavy (non-hydrogen) atoms.